The molecule has 1 fully saturated rings. The molecule has 1 aliphatic carbocycles. The van der Waals surface area contributed by atoms with E-state index < -0.39 is 5.97 Å². The van der Waals surface area contributed by atoms with Crippen molar-refractivity contribution in [2.24, 2.45) is 5.92 Å². The molecule has 3 heteroatoms. The second-order valence-corrected chi connectivity index (χ2v) is 4.35. The number of carboxylic acid groups (broad SMARTS) is 1. The van der Waals surface area contributed by atoms with Crippen LogP contribution >= 0.6 is 0 Å². The maximum atomic E-state index is 11.0. The largest absolute Gasteiger partial charge is 0.490 e. The van der Waals surface area contributed by atoms with Crippen LogP contribution in [0.2, 0.25) is 0 Å². The van der Waals surface area contributed by atoms with Crippen molar-refractivity contribution in [1.82, 2.24) is 0 Å². The molecule has 0 heterocycles. The van der Waals surface area contributed by atoms with Gasteiger partial charge in [-0.25, -0.2) is 0 Å². The molecule has 3 nitrogen and oxygen atoms in total. The average molecular weight is 220 g/mol. The van der Waals surface area contributed by atoms with Crippen LogP contribution in [0.15, 0.2) is 24.3 Å². The van der Waals surface area contributed by atoms with Crippen molar-refractivity contribution in [1.29, 1.82) is 0 Å². The Labute approximate surface area is 95.0 Å². The average Bonchev–Trinajstić information content (AvgIpc) is 2.66. The fraction of sp³-hybridized carbons (Fsp3) is 0.462. The maximum Gasteiger partial charge on any atom is 0.310 e. The van der Waals surface area contributed by atoms with Crippen LogP contribution in [0, 0.1) is 12.8 Å². The lowest BCUT2D eigenvalue weighted by Gasteiger charge is -2.18. The highest BCUT2D eigenvalue weighted by Crippen LogP contribution is 2.30. The first kappa shape index (κ1) is 11.0. The minimum absolute atomic E-state index is 0.167. The first-order valence-corrected chi connectivity index (χ1v) is 5.63. The standard InChI is InChI=1S/C13H16O3/c1-9-4-2-5-10(8-9)16-12-7-3-6-11(12)13(14)15/h2,4-5,8,11-12H,3,6-7H2,1H3,(H,14,15). The van der Waals surface area contributed by atoms with Gasteiger partial charge in [0.05, 0.1) is 5.92 Å². The molecule has 86 valence electrons. The van der Waals surface area contributed by atoms with E-state index in [0.717, 1.165) is 30.6 Å². The molecule has 0 aliphatic heterocycles. The Morgan fingerprint density at radius 1 is 1.44 bits per heavy atom. The first-order chi connectivity index (χ1) is 7.66. The predicted molar refractivity (Wildman–Crippen MR) is 60.6 cm³/mol. The summed E-state index contributed by atoms with van der Waals surface area (Å²) < 4.78 is 5.75. The van der Waals surface area contributed by atoms with Gasteiger partial charge >= 0.3 is 5.97 Å². The third kappa shape index (κ3) is 2.35. The molecule has 1 N–H and O–H groups in total. The summed E-state index contributed by atoms with van der Waals surface area (Å²) in [5, 5.41) is 9.04. The monoisotopic (exact) mass is 220 g/mol. The van der Waals surface area contributed by atoms with Gasteiger partial charge in [0, 0.05) is 0 Å². The predicted octanol–water partition coefficient (Wildman–Crippen LogP) is 2.63. The zero-order chi connectivity index (χ0) is 11.5. The zero-order valence-corrected chi connectivity index (χ0v) is 9.35. The van der Waals surface area contributed by atoms with E-state index in [1.807, 2.05) is 31.2 Å². The molecule has 0 spiro atoms. The highest BCUT2D eigenvalue weighted by atomic mass is 16.5. The molecule has 0 amide bonds. The van der Waals surface area contributed by atoms with Crippen LogP contribution in [0.4, 0.5) is 0 Å². The van der Waals surface area contributed by atoms with Gasteiger partial charge in [-0.3, -0.25) is 4.79 Å². The summed E-state index contributed by atoms with van der Waals surface area (Å²) in [6, 6.07) is 7.74. The third-order valence-electron chi connectivity index (χ3n) is 3.05. The number of carboxylic acids is 1. The van der Waals surface area contributed by atoms with Gasteiger partial charge in [0.25, 0.3) is 0 Å². The number of ether oxygens (including phenoxy) is 1. The van der Waals surface area contributed by atoms with E-state index in [1.54, 1.807) is 0 Å². The van der Waals surface area contributed by atoms with Crippen LogP contribution in [0.5, 0.6) is 5.75 Å². The highest BCUT2D eigenvalue weighted by Gasteiger charge is 2.34. The van der Waals surface area contributed by atoms with E-state index in [-0.39, 0.29) is 12.0 Å². The van der Waals surface area contributed by atoms with Gasteiger partial charge in [-0.2, -0.15) is 0 Å². The minimum Gasteiger partial charge on any atom is -0.490 e. The van der Waals surface area contributed by atoms with E-state index in [0.29, 0.717) is 0 Å². The van der Waals surface area contributed by atoms with Crippen molar-refractivity contribution >= 4 is 5.97 Å². The third-order valence-corrected chi connectivity index (χ3v) is 3.05. The Bertz CT molecular complexity index is 387. The molecule has 16 heavy (non-hydrogen) atoms. The Hall–Kier alpha value is -1.51. The molecule has 1 aromatic carbocycles. The number of benzene rings is 1. The van der Waals surface area contributed by atoms with E-state index in [2.05, 4.69) is 0 Å². The number of aliphatic carboxylic acids is 1. The molecule has 1 saturated carbocycles. The summed E-state index contributed by atoms with van der Waals surface area (Å²) in [5.41, 5.74) is 1.13. The Balaban J connectivity index is 2.06. The molecule has 1 aromatic rings. The molecule has 0 radical (unpaired) electrons. The Morgan fingerprint density at radius 3 is 2.94 bits per heavy atom. The van der Waals surface area contributed by atoms with Gasteiger partial charge in [-0.1, -0.05) is 12.1 Å². The van der Waals surface area contributed by atoms with Crippen molar-refractivity contribution in [2.75, 3.05) is 0 Å². The second kappa shape index (κ2) is 4.56. The molecular formula is C13H16O3. The number of hydrogen-bond donors (Lipinski definition) is 1. The topological polar surface area (TPSA) is 46.5 Å². The fourth-order valence-electron chi connectivity index (χ4n) is 2.21. The summed E-state index contributed by atoms with van der Waals surface area (Å²) in [5.74, 6) is -0.311. The van der Waals surface area contributed by atoms with Gasteiger partial charge in [-0.05, 0) is 43.9 Å². The molecule has 0 bridgehead atoms. The Morgan fingerprint density at radius 2 is 2.25 bits per heavy atom. The molecule has 2 rings (SSSR count). The van der Waals surface area contributed by atoms with E-state index in [9.17, 15) is 4.79 Å². The minimum atomic E-state index is -0.741. The number of hydrogen-bond acceptors (Lipinski definition) is 2. The van der Waals surface area contributed by atoms with Crippen molar-refractivity contribution in [2.45, 2.75) is 32.3 Å². The summed E-state index contributed by atoms with van der Waals surface area (Å²) in [6.07, 6.45) is 2.34. The summed E-state index contributed by atoms with van der Waals surface area (Å²) in [4.78, 5) is 11.0. The Kier molecular flexibility index (Phi) is 3.13. The smallest absolute Gasteiger partial charge is 0.310 e. The lowest BCUT2D eigenvalue weighted by atomic mass is 10.1. The van der Waals surface area contributed by atoms with Crippen LogP contribution in [0.1, 0.15) is 24.8 Å². The molecule has 0 aromatic heterocycles. The maximum absolute atomic E-state index is 11.0. The normalized spacial score (nSPS) is 24.3. The quantitative estimate of drug-likeness (QED) is 0.851. The molecule has 1 aliphatic rings. The van der Waals surface area contributed by atoms with Crippen LogP contribution in [0.3, 0.4) is 0 Å². The van der Waals surface area contributed by atoms with Crippen molar-refractivity contribution in [3.8, 4) is 5.75 Å². The number of rotatable bonds is 3. The van der Waals surface area contributed by atoms with Crippen LogP contribution in [-0.4, -0.2) is 17.2 Å². The zero-order valence-electron chi connectivity index (χ0n) is 9.35. The SMILES string of the molecule is Cc1cccc(OC2CCCC2C(=O)O)c1. The van der Waals surface area contributed by atoms with Gasteiger partial charge in [0.2, 0.25) is 0 Å². The van der Waals surface area contributed by atoms with Crippen LogP contribution in [0.25, 0.3) is 0 Å². The first-order valence-electron chi connectivity index (χ1n) is 5.63. The second-order valence-electron chi connectivity index (χ2n) is 4.35. The van der Waals surface area contributed by atoms with E-state index >= 15 is 0 Å². The van der Waals surface area contributed by atoms with Crippen molar-refractivity contribution < 1.29 is 14.6 Å². The van der Waals surface area contributed by atoms with Crippen molar-refractivity contribution in [3.63, 3.8) is 0 Å². The van der Waals surface area contributed by atoms with Gasteiger partial charge in [0.1, 0.15) is 11.9 Å². The summed E-state index contributed by atoms with van der Waals surface area (Å²) in [6.45, 7) is 2.00. The number of aryl methyl sites for hydroxylation is 1. The van der Waals surface area contributed by atoms with Gasteiger partial charge < -0.3 is 9.84 Å². The van der Waals surface area contributed by atoms with Crippen LogP contribution < -0.4 is 4.74 Å². The lowest BCUT2D eigenvalue weighted by molar-refractivity contribution is -0.143. The summed E-state index contributed by atoms with van der Waals surface area (Å²) >= 11 is 0. The molecular weight excluding hydrogens is 204 g/mol. The summed E-state index contributed by atoms with van der Waals surface area (Å²) in [7, 11) is 0. The van der Waals surface area contributed by atoms with Crippen molar-refractivity contribution in [3.05, 3.63) is 29.8 Å². The molecule has 2 unspecified atom stereocenters. The van der Waals surface area contributed by atoms with Gasteiger partial charge in [-0.15, -0.1) is 0 Å². The highest BCUT2D eigenvalue weighted by molar-refractivity contribution is 5.71. The lowest BCUT2D eigenvalue weighted by Crippen LogP contribution is -2.27. The number of carbonyl (C=O) groups is 1. The fourth-order valence-corrected chi connectivity index (χ4v) is 2.21. The van der Waals surface area contributed by atoms with E-state index in [4.69, 9.17) is 9.84 Å². The van der Waals surface area contributed by atoms with Gasteiger partial charge in [0.15, 0.2) is 0 Å². The van der Waals surface area contributed by atoms with Crippen LogP contribution in [-0.2, 0) is 4.79 Å². The molecule has 0 saturated heterocycles. The van der Waals surface area contributed by atoms with E-state index in [1.165, 1.54) is 0 Å². The molecule has 2 atom stereocenters.